The molecule has 3 fully saturated rings. The number of carbonyl (C=O) groups is 4. The van der Waals surface area contributed by atoms with Gasteiger partial charge in [0.15, 0.2) is 12.4 Å². The lowest BCUT2D eigenvalue weighted by Gasteiger charge is -2.52. The van der Waals surface area contributed by atoms with Crippen molar-refractivity contribution in [3.8, 4) is 0 Å². The molecule has 382 valence electrons. The Morgan fingerprint density at radius 1 is 0.881 bits per heavy atom. The summed E-state index contributed by atoms with van der Waals surface area (Å²) in [5, 5.41) is 49.8. The lowest BCUT2D eigenvalue weighted by Crippen LogP contribution is -2.66. The molecule has 0 bridgehead atoms. The predicted octanol–water partition coefficient (Wildman–Crippen LogP) is 5.32. The first-order valence-electron chi connectivity index (χ1n) is 22.9. The molecule has 67 heavy (non-hydrogen) atoms. The Labute approximate surface area is 402 Å². The second-order valence-electron chi connectivity index (χ2n) is 19.6. The molecule has 0 aliphatic carbocycles. The molecule has 3 aliphatic rings. The maximum Gasteiger partial charge on any atom is 0.509 e. The molecule has 3 aliphatic heterocycles. The number of rotatable bonds is 11. The number of nitrogens with zero attached hydrogens (tertiary/aromatic N) is 1. The number of aliphatic hydroxyl groups is 3. The average molecular weight is 1020 g/mol. The lowest BCUT2D eigenvalue weighted by atomic mass is 9.74. The van der Waals surface area contributed by atoms with Crippen LogP contribution in [0.1, 0.15) is 94.1 Å². The fourth-order valence-corrected chi connectivity index (χ4v) is 10.5. The van der Waals surface area contributed by atoms with E-state index in [0.717, 1.165) is 12.7 Å². The number of methoxy groups -OCH3 is 2. The molecule has 19 atom stereocenters. The second-order valence-corrected chi connectivity index (χ2v) is 20.6. The van der Waals surface area contributed by atoms with Crippen molar-refractivity contribution in [3.05, 3.63) is 41.1 Å². The molecule has 0 radical (unpaired) electrons. The van der Waals surface area contributed by atoms with Crippen molar-refractivity contribution in [2.75, 3.05) is 28.3 Å². The van der Waals surface area contributed by atoms with Crippen molar-refractivity contribution in [2.45, 2.75) is 184 Å². The van der Waals surface area contributed by atoms with Crippen LogP contribution in [0.3, 0.4) is 0 Å². The van der Waals surface area contributed by atoms with E-state index >= 15 is 0 Å². The summed E-state index contributed by atoms with van der Waals surface area (Å²) in [6.45, 7) is 15.5. The molecule has 0 amide bonds. The molecule has 1 aromatic carbocycles. The highest BCUT2D eigenvalue weighted by Crippen LogP contribution is 2.44. The summed E-state index contributed by atoms with van der Waals surface area (Å²) in [5.74, 6) is -5.90. The largest absolute Gasteiger partial charge is 0.633 e. The molecule has 3 saturated heterocycles. The zero-order valence-electron chi connectivity index (χ0n) is 41.2. The zero-order chi connectivity index (χ0) is 50.6. The summed E-state index contributed by atoms with van der Waals surface area (Å²) in [5.41, 5.74) is -4.76. The first-order valence-corrected chi connectivity index (χ1v) is 23.8. The Morgan fingerprint density at radius 3 is 2.07 bits per heavy atom. The van der Waals surface area contributed by atoms with E-state index < -0.39 is 141 Å². The average Bonchev–Trinajstić information content (AvgIpc) is 3.27. The highest BCUT2D eigenvalue weighted by molar-refractivity contribution is 9.09. The normalized spacial score (nSPS) is 41.6. The summed E-state index contributed by atoms with van der Waals surface area (Å²) in [6.07, 6.45) is -14.8. The van der Waals surface area contributed by atoms with Crippen molar-refractivity contribution >= 4 is 40.0 Å². The molecule has 4 rings (SSSR count). The van der Waals surface area contributed by atoms with Crippen LogP contribution >= 0.6 is 15.9 Å². The number of halogens is 1. The van der Waals surface area contributed by atoms with Crippen LogP contribution in [-0.2, 0) is 63.6 Å². The van der Waals surface area contributed by atoms with Gasteiger partial charge in [-0.15, -0.1) is 0 Å². The van der Waals surface area contributed by atoms with E-state index in [1.165, 1.54) is 48.9 Å². The molecule has 20 heteroatoms. The summed E-state index contributed by atoms with van der Waals surface area (Å²) in [7, 11) is 5.29. The van der Waals surface area contributed by atoms with Crippen LogP contribution in [0.25, 0.3) is 0 Å². The van der Waals surface area contributed by atoms with Gasteiger partial charge in [0.1, 0.15) is 35.7 Å². The highest BCUT2D eigenvalue weighted by atomic mass is 79.9. The summed E-state index contributed by atoms with van der Waals surface area (Å²) in [4.78, 5) is 53.6. The lowest BCUT2D eigenvalue weighted by molar-refractivity contribution is -0.874. The monoisotopic (exact) mass is 1020 g/mol. The third-order valence-electron chi connectivity index (χ3n) is 13.8. The van der Waals surface area contributed by atoms with Crippen molar-refractivity contribution < 1.29 is 86.5 Å². The number of aliphatic hydroxyl groups excluding tert-OH is 1. The number of quaternary nitrogens is 1. The number of hydroxylamine groups is 3. The van der Waals surface area contributed by atoms with Crippen molar-refractivity contribution in [3.63, 3.8) is 0 Å². The van der Waals surface area contributed by atoms with Gasteiger partial charge in [0.05, 0.1) is 68.1 Å². The van der Waals surface area contributed by atoms with Crippen LogP contribution in [0.4, 0.5) is 9.59 Å². The first kappa shape index (κ1) is 56.6. The number of ether oxygens (including phenoxy) is 10. The Morgan fingerprint density at radius 2 is 1.51 bits per heavy atom. The third kappa shape index (κ3) is 13.0. The van der Waals surface area contributed by atoms with E-state index in [-0.39, 0.29) is 25.9 Å². The molecule has 0 spiro atoms. The van der Waals surface area contributed by atoms with E-state index in [4.69, 9.17) is 47.4 Å². The number of ketones is 1. The third-order valence-corrected chi connectivity index (χ3v) is 15.2. The Kier molecular flexibility index (Phi) is 19.3. The van der Waals surface area contributed by atoms with Crippen LogP contribution in [0.5, 0.6) is 0 Å². The van der Waals surface area contributed by atoms with Crippen LogP contribution in [0.2, 0.25) is 0 Å². The maximum atomic E-state index is 14.5. The number of likely N-dealkylation sites (N-methyl/N-ethyl adjacent to an activating group) is 1. The topological polar surface area (TPSA) is 244 Å². The van der Waals surface area contributed by atoms with Gasteiger partial charge in [-0.25, -0.2) is 9.59 Å². The van der Waals surface area contributed by atoms with Crippen LogP contribution in [-0.4, -0.2) is 161 Å². The summed E-state index contributed by atoms with van der Waals surface area (Å²) >= 11 is 3.69. The molecule has 1 aromatic rings. The molecule has 0 unspecified atom stereocenters. The fraction of sp³-hybridized carbons (Fsp3) is 0.787. The van der Waals surface area contributed by atoms with Gasteiger partial charge in [0.25, 0.3) is 0 Å². The van der Waals surface area contributed by atoms with E-state index in [1.54, 1.807) is 53.7 Å². The van der Waals surface area contributed by atoms with E-state index in [9.17, 15) is 39.7 Å². The van der Waals surface area contributed by atoms with E-state index in [1.807, 2.05) is 18.2 Å². The van der Waals surface area contributed by atoms with Gasteiger partial charge < -0.3 is 72.5 Å². The van der Waals surface area contributed by atoms with Crippen LogP contribution < -0.4 is 0 Å². The fourth-order valence-electron chi connectivity index (χ4n) is 9.81. The van der Waals surface area contributed by atoms with Gasteiger partial charge in [-0.3, -0.25) is 9.59 Å². The number of hydrogen-bond donors (Lipinski definition) is 3. The quantitative estimate of drug-likeness (QED) is 0.0834. The van der Waals surface area contributed by atoms with Crippen molar-refractivity contribution in [1.29, 1.82) is 0 Å². The Hall–Kier alpha value is -3.02. The summed E-state index contributed by atoms with van der Waals surface area (Å²) < 4.78 is 59.2. The van der Waals surface area contributed by atoms with Gasteiger partial charge in [0.2, 0.25) is 12.4 Å². The minimum atomic E-state index is -2.10. The second kappa shape index (κ2) is 22.8. The van der Waals surface area contributed by atoms with E-state index in [2.05, 4.69) is 15.9 Å². The van der Waals surface area contributed by atoms with Gasteiger partial charge >= 0.3 is 18.3 Å². The van der Waals surface area contributed by atoms with Crippen molar-refractivity contribution in [1.82, 2.24) is 0 Å². The molecule has 19 nitrogen and oxygen atoms in total. The number of cyclic esters (lactones) is 1. The number of benzene rings is 1. The van der Waals surface area contributed by atoms with Crippen molar-refractivity contribution in [2.24, 2.45) is 23.7 Å². The number of carbonyl (C=O) groups excluding carboxylic acids is 4. The maximum absolute atomic E-state index is 14.5. The van der Waals surface area contributed by atoms with Crippen LogP contribution in [0, 0.1) is 28.9 Å². The van der Waals surface area contributed by atoms with Crippen LogP contribution in [0.15, 0.2) is 30.3 Å². The Bertz CT molecular complexity index is 1810. The molecular formula is C47H74BrNO18. The van der Waals surface area contributed by atoms with Gasteiger partial charge in [0, 0.05) is 31.3 Å². The molecule has 3 N–H and O–H groups in total. The standard InChI is InChI=1S/C47H74BrNO18/c1-15-32-46(9,56)37(51)26(4)33(50)24(2)22-45(8,55)38(66-41-35(65-43(53)58-13)31(49(11,12)57)21-25(3)61-41)27(5)34(28(6)40(52)63-32)64-42-36(48)47(10,59-14)39(29(7)62-42)67-44(54)60-23-30-19-17-16-18-20-30/h16-20,24-29,31-32,34-39,41-42,51,55-56H,15,21-23H2,1-14H3/t24-,25-,26+,27+,28-,29+,31+,32-,34+,35-,36-,37-,38-,39+,41+,42+,45-,46-,47+/m1/s1. The minimum Gasteiger partial charge on any atom is -0.633 e. The van der Waals surface area contributed by atoms with Gasteiger partial charge in [-0.1, -0.05) is 74.0 Å². The predicted molar refractivity (Wildman–Crippen MR) is 243 cm³/mol. The van der Waals surface area contributed by atoms with Gasteiger partial charge in [-0.05, 0) is 59.9 Å². The summed E-state index contributed by atoms with van der Waals surface area (Å²) in [6, 6.07) is 8.09. The molecule has 3 heterocycles. The molecular weight excluding hydrogens is 946 g/mol. The number of hydrogen-bond acceptors (Lipinski definition) is 18. The number of Topliss-reactive ketones (excluding diaryl/α,β-unsaturated/α-hetero) is 1. The molecule has 0 saturated carbocycles. The van der Waals surface area contributed by atoms with Gasteiger partial charge in [-0.2, -0.15) is 0 Å². The zero-order valence-corrected chi connectivity index (χ0v) is 42.8. The highest BCUT2D eigenvalue weighted by Gasteiger charge is 2.58. The Balaban J connectivity index is 1.84. The number of esters is 1. The SMILES string of the molecule is CC[C@H]1OC(=O)[C@H](C)[C@@H](O[C@@H]2O[C@@H](C)[C@H](OC(=O)OCc3ccccc3)[C@@](C)(OC)[C@@H]2Br)[C@H](C)[C@@H](O[C@@H]2O[C@H](C)C[C@H]([N+](C)(C)[O-])[C@H]2OC(=O)OC)[C@](C)(O)C[C@@H](C)C(=O)[C@H](C)[C@@H](O)[C@]1(C)O. The smallest absolute Gasteiger partial charge is 0.509 e. The minimum absolute atomic E-state index is 0.0448. The first-order chi connectivity index (χ1) is 31.0. The van der Waals surface area contributed by atoms with E-state index in [0.29, 0.717) is 0 Å². The number of alkyl halides is 1. The molecule has 0 aromatic heterocycles.